The van der Waals surface area contributed by atoms with E-state index in [1.54, 1.807) is 7.05 Å². The van der Waals surface area contributed by atoms with Gasteiger partial charge in [-0.2, -0.15) is 4.31 Å². The minimum atomic E-state index is -3.41. The Bertz CT molecular complexity index is 694. The third kappa shape index (κ3) is 5.41. The molecular weight excluding hydrogens is 359 g/mol. The van der Waals surface area contributed by atoms with Gasteiger partial charge < -0.3 is 9.64 Å². The normalized spacial score (nSPS) is 18.5. The van der Waals surface area contributed by atoms with Crippen molar-refractivity contribution < 1.29 is 22.3 Å². The molecule has 6 nitrogen and oxygen atoms in total. The maximum absolute atomic E-state index is 12.9. The molecule has 1 amide bonds. The number of hydrogen-bond acceptors (Lipinski definition) is 4. The first-order valence-corrected chi connectivity index (χ1v) is 10.6. The number of carbonyl (C=O) groups excluding carboxylic acids is 1. The van der Waals surface area contributed by atoms with Crippen molar-refractivity contribution in [2.24, 2.45) is 0 Å². The zero-order chi connectivity index (χ0) is 19.2. The summed E-state index contributed by atoms with van der Waals surface area (Å²) >= 11 is 0. The van der Waals surface area contributed by atoms with Gasteiger partial charge in [0.05, 0.1) is 12.3 Å². The Balaban J connectivity index is 1.93. The summed E-state index contributed by atoms with van der Waals surface area (Å²) in [5.74, 6) is 0.0493. The molecule has 0 N–H and O–H groups in total. The number of likely N-dealkylation sites (N-methyl/N-ethyl adjacent to an activating group) is 1. The summed E-state index contributed by atoms with van der Waals surface area (Å²) in [6, 6.07) is 5.04. The second-order valence-electron chi connectivity index (χ2n) is 6.50. The number of benzene rings is 1. The highest BCUT2D eigenvalue weighted by molar-refractivity contribution is 7.89. The Morgan fingerprint density at radius 1 is 1.31 bits per heavy atom. The quantitative estimate of drug-likeness (QED) is 0.687. The highest BCUT2D eigenvalue weighted by atomic mass is 32.2. The van der Waals surface area contributed by atoms with E-state index in [-0.39, 0.29) is 24.1 Å². The Morgan fingerprint density at radius 2 is 2.00 bits per heavy atom. The highest BCUT2D eigenvalue weighted by Crippen LogP contribution is 2.22. The van der Waals surface area contributed by atoms with Crippen LogP contribution in [0, 0.1) is 5.82 Å². The smallest absolute Gasteiger partial charge is 0.240 e. The van der Waals surface area contributed by atoms with Crippen LogP contribution in [0.15, 0.2) is 24.3 Å². The van der Waals surface area contributed by atoms with Crippen LogP contribution in [-0.4, -0.2) is 62.1 Å². The van der Waals surface area contributed by atoms with E-state index in [0.717, 1.165) is 12.8 Å². The average Bonchev–Trinajstić information content (AvgIpc) is 2.62. The molecule has 1 saturated heterocycles. The lowest BCUT2D eigenvalue weighted by Crippen LogP contribution is -2.53. The summed E-state index contributed by atoms with van der Waals surface area (Å²) in [7, 11) is -1.76. The number of piperidine rings is 1. The van der Waals surface area contributed by atoms with Crippen molar-refractivity contribution in [1.29, 1.82) is 0 Å². The van der Waals surface area contributed by atoms with Crippen LogP contribution in [0.5, 0.6) is 5.75 Å². The number of amides is 1. The van der Waals surface area contributed by atoms with Crippen LogP contribution >= 0.6 is 0 Å². The Kier molecular flexibility index (Phi) is 7.40. The van der Waals surface area contributed by atoms with Gasteiger partial charge in [-0.3, -0.25) is 4.79 Å². The lowest BCUT2D eigenvalue weighted by Gasteiger charge is -2.35. The summed E-state index contributed by atoms with van der Waals surface area (Å²) in [5, 5.41) is 0. The fourth-order valence-electron chi connectivity index (χ4n) is 3.06. The molecule has 1 heterocycles. The van der Waals surface area contributed by atoms with Crippen LogP contribution in [0.2, 0.25) is 0 Å². The van der Waals surface area contributed by atoms with Crippen molar-refractivity contribution in [2.75, 3.05) is 32.5 Å². The number of sulfonamides is 1. The second kappa shape index (κ2) is 9.32. The predicted octanol–water partition coefficient (Wildman–Crippen LogP) is 2.26. The molecule has 0 aromatic heterocycles. The van der Waals surface area contributed by atoms with Crippen LogP contribution in [0.1, 0.15) is 32.6 Å². The maximum atomic E-state index is 12.9. The van der Waals surface area contributed by atoms with Gasteiger partial charge in [-0.25, -0.2) is 12.8 Å². The summed E-state index contributed by atoms with van der Waals surface area (Å²) < 4.78 is 44.7. The number of hydrogen-bond donors (Lipinski definition) is 0. The summed E-state index contributed by atoms with van der Waals surface area (Å²) in [4.78, 5) is 14.3. The van der Waals surface area contributed by atoms with Gasteiger partial charge in [-0.05, 0) is 43.5 Å². The van der Waals surface area contributed by atoms with Crippen molar-refractivity contribution in [3.05, 3.63) is 30.1 Å². The van der Waals surface area contributed by atoms with Crippen LogP contribution in [0.25, 0.3) is 0 Å². The Morgan fingerprint density at radius 3 is 2.65 bits per heavy atom. The molecule has 1 aromatic carbocycles. The summed E-state index contributed by atoms with van der Waals surface area (Å²) in [6.45, 7) is 2.80. The molecule has 1 aliphatic rings. The molecule has 0 radical (unpaired) electrons. The zero-order valence-corrected chi connectivity index (χ0v) is 16.2. The third-order valence-electron chi connectivity index (χ3n) is 4.44. The van der Waals surface area contributed by atoms with Gasteiger partial charge in [0.15, 0.2) is 0 Å². The first-order valence-electron chi connectivity index (χ1n) is 8.98. The van der Waals surface area contributed by atoms with E-state index in [2.05, 4.69) is 0 Å². The largest absolute Gasteiger partial charge is 0.492 e. The number of halogens is 1. The van der Waals surface area contributed by atoms with Crippen LogP contribution in [0.4, 0.5) is 4.39 Å². The summed E-state index contributed by atoms with van der Waals surface area (Å²) in [6.07, 6.45) is 2.70. The lowest BCUT2D eigenvalue weighted by molar-refractivity contribution is -0.135. The lowest BCUT2D eigenvalue weighted by atomic mass is 10.0. The average molecular weight is 386 g/mol. The van der Waals surface area contributed by atoms with Crippen LogP contribution < -0.4 is 4.74 Å². The zero-order valence-electron chi connectivity index (χ0n) is 15.4. The van der Waals surface area contributed by atoms with E-state index >= 15 is 0 Å². The van der Waals surface area contributed by atoms with E-state index in [4.69, 9.17) is 4.74 Å². The van der Waals surface area contributed by atoms with E-state index in [9.17, 15) is 17.6 Å². The van der Waals surface area contributed by atoms with Crippen molar-refractivity contribution in [3.63, 3.8) is 0 Å². The third-order valence-corrected chi connectivity index (χ3v) is 6.52. The van der Waals surface area contributed by atoms with Gasteiger partial charge in [-0.15, -0.1) is 0 Å². The molecule has 0 bridgehead atoms. The molecule has 1 atom stereocenters. The molecule has 146 valence electrons. The number of rotatable bonds is 8. The SMILES string of the molecule is CCCS(=O)(=O)N1CCCCC1C(=O)N(C)CCOc1ccc(F)cc1. The van der Waals surface area contributed by atoms with Gasteiger partial charge in [-0.1, -0.05) is 13.3 Å². The molecule has 0 aliphatic carbocycles. The minimum absolute atomic E-state index is 0.0637. The van der Waals surface area contributed by atoms with E-state index < -0.39 is 16.1 Å². The molecule has 0 saturated carbocycles. The highest BCUT2D eigenvalue weighted by Gasteiger charge is 2.37. The van der Waals surface area contributed by atoms with Gasteiger partial charge in [0.1, 0.15) is 24.2 Å². The van der Waals surface area contributed by atoms with E-state index in [1.165, 1.54) is 33.5 Å². The molecule has 1 aliphatic heterocycles. The molecule has 2 rings (SSSR count). The monoisotopic (exact) mass is 386 g/mol. The van der Waals surface area contributed by atoms with Crippen molar-refractivity contribution in [3.8, 4) is 5.75 Å². The molecule has 8 heteroatoms. The Labute approximate surface area is 155 Å². The molecule has 1 fully saturated rings. The minimum Gasteiger partial charge on any atom is -0.492 e. The predicted molar refractivity (Wildman–Crippen MR) is 98.0 cm³/mol. The van der Waals surface area contributed by atoms with Gasteiger partial charge >= 0.3 is 0 Å². The molecule has 0 spiro atoms. The molecule has 26 heavy (non-hydrogen) atoms. The van der Waals surface area contributed by atoms with Crippen molar-refractivity contribution in [1.82, 2.24) is 9.21 Å². The standard InChI is InChI=1S/C18H27FN2O4S/c1-3-14-26(23,24)21-11-5-4-6-17(21)18(22)20(2)12-13-25-16-9-7-15(19)8-10-16/h7-10,17H,3-6,11-14H2,1-2H3. The molecule has 1 unspecified atom stereocenters. The van der Waals surface area contributed by atoms with Crippen molar-refractivity contribution >= 4 is 15.9 Å². The molecule has 1 aromatic rings. The fraction of sp³-hybridized carbons (Fsp3) is 0.611. The van der Waals surface area contributed by atoms with Crippen molar-refractivity contribution in [2.45, 2.75) is 38.6 Å². The Hall–Kier alpha value is -1.67. The number of ether oxygens (including phenoxy) is 1. The molecular formula is C18H27FN2O4S. The first kappa shape index (κ1) is 20.6. The fourth-order valence-corrected chi connectivity index (χ4v) is 4.80. The van der Waals surface area contributed by atoms with Crippen LogP contribution in [-0.2, 0) is 14.8 Å². The van der Waals surface area contributed by atoms with Crippen LogP contribution in [0.3, 0.4) is 0 Å². The number of nitrogens with zero attached hydrogens (tertiary/aromatic N) is 2. The summed E-state index contributed by atoms with van der Waals surface area (Å²) in [5.41, 5.74) is 0. The van der Waals surface area contributed by atoms with E-state index in [1.807, 2.05) is 6.92 Å². The van der Waals surface area contributed by atoms with Gasteiger partial charge in [0, 0.05) is 13.6 Å². The van der Waals surface area contributed by atoms with Gasteiger partial charge in [0.2, 0.25) is 15.9 Å². The second-order valence-corrected chi connectivity index (χ2v) is 8.54. The number of carbonyl (C=O) groups is 1. The first-order chi connectivity index (χ1) is 12.3. The van der Waals surface area contributed by atoms with E-state index in [0.29, 0.717) is 31.7 Å². The van der Waals surface area contributed by atoms with Gasteiger partial charge in [0.25, 0.3) is 0 Å². The maximum Gasteiger partial charge on any atom is 0.240 e. The topological polar surface area (TPSA) is 66.9 Å².